The third kappa shape index (κ3) is 4.45. The van der Waals surface area contributed by atoms with Crippen molar-refractivity contribution in [3.8, 4) is 16.8 Å². The van der Waals surface area contributed by atoms with Crippen LogP contribution in [0.15, 0.2) is 186 Å². The van der Waals surface area contributed by atoms with Crippen LogP contribution in [0.1, 0.15) is 0 Å². The highest BCUT2D eigenvalue weighted by molar-refractivity contribution is 7.25. The molecule has 0 amide bonds. The molecule has 0 unspecified atom stereocenters. The molecule has 0 spiro atoms. The first-order valence-electron chi connectivity index (χ1n) is 17.6. The van der Waals surface area contributed by atoms with Crippen LogP contribution in [-0.4, -0.2) is 4.57 Å². The minimum Gasteiger partial charge on any atom is -0.454 e. The number of hydrogen-bond donors (Lipinski definition) is 0. The number of anilines is 3. The van der Waals surface area contributed by atoms with Gasteiger partial charge in [-0.2, -0.15) is 0 Å². The topological polar surface area (TPSA) is 21.3 Å². The van der Waals surface area contributed by atoms with Gasteiger partial charge in [-0.1, -0.05) is 109 Å². The van der Waals surface area contributed by atoms with Gasteiger partial charge in [-0.25, -0.2) is 0 Å². The van der Waals surface area contributed by atoms with Gasteiger partial charge in [0.1, 0.15) is 5.58 Å². The maximum absolute atomic E-state index is 6.69. The lowest BCUT2D eigenvalue weighted by atomic mass is 10.0. The predicted molar refractivity (Wildman–Crippen MR) is 221 cm³/mol. The minimum atomic E-state index is 0.865. The number of hydrogen-bond acceptors (Lipinski definition) is 3. The molecule has 52 heavy (non-hydrogen) atoms. The quantitative estimate of drug-likeness (QED) is 0.180. The van der Waals surface area contributed by atoms with E-state index < -0.39 is 0 Å². The summed E-state index contributed by atoms with van der Waals surface area (Å²) in [6.07, 6.45) is 0. The summed E-state index contributed by atoms with van der Waals surface area (Å²) < 4.78 is 11.7. The molecule has 0 saturated heterocycles. The largest absolute Gasteiger partial charge is 0.454 e. The van der Waals surface area contributed by atoms with Gasteiger partial charge in [-0.3, -0.25) is 0 Å². The van der Waals surface area contributed by atoms with Gasteiger partial charge >= 0.3 is 0 Å². The number of thiophene rings is 1. The fourth-order valence-electron chi connectivity index (χ4n) is 8.02. The van der Waals surface area contributed by atoms with Gasteiger partial charge in [0.05, 0.1) is 16.7 Å². The van der Waals surface area contributed by atoms with Crippen molar-refractivity contribution in [1.29, 1.82) is 0 Å². The van der Waals surface area contributed by atoms with Crippen LogP contribution >= 0.6 is 11.3 Å². The molecule has 244 valence electrons. The molecule has 0 aliphatic rings. The maximum Gasteiger partial charge on any atom is 0.159 e. The lowest BCUT2D eigenvalue weighted by Crippen LogP contribution is -2.10. The Labute approximate surface area is 303 Å². The standard InChI is InChI=1S/C48H30N2OS/c1-2-13-33(14-3-1)50-42-20-7-4-16-36(42)37-26-25-35(30-44(37)50)49(43-21-11-19-40-38-17-5-8-22-45(38)51-48(40)43)34-15-10-12-31(28-34)32-24-27-47-41(29-32)39-18-6-9-23-46(39)52-47/h1-30H. The molecule has 11 rings (SSSR count). The Morgan fingerprint density at radius 3 is 2.04 bits per heavy atom. The smallest absolute Gasteiger partial charge is 0.159 e. The Morgan fingerprint density at radius 1 is 0.423 bits per heavy atom. The van der Waals surface area contributed by atoms with Gasteiger partial charge in [0.15, 0.2) is 5.58 Å². The highest BCUT2D eigenvalue weighted by Crippen LogP contribution is 2.45. The summed E-state index contributed by atoms with van der Waals surface area (Å²) in [5, 5.41) is 7.27. The molecule has 0 radical (unpaired) electrons. The molecule has 3 heterocycles. The average Bonchev–Trinajstić information content (AvgIpc) is 3.88. The fourth-order valence-corrected chi connectivity index (χ4v) is 9.11. The molecular weight excluding hydrogens is 653 g/mol. The molecular formula is C48H30N2OS. The number of para-hydroxylation sites is 4. The van der Waals surface area contributed by atoms with Crippen molar-refractivity contribution in [3.05, 3.63) is 182 Å². The molecule has 3 nitrogen and oxygen atoms in total. The highest BCUT2D eigenvalue weighted by atomic mass is 32.1. The monoisotopic (exact) mass is 682 g/mol. The summed E-state index contributed by atoms with van der Waals surface area (Å²) in [4.78, 5) is 2.36. The maximum atomic E-state index is 6.69. The van der Waals surface area contributed by atoms with E-state index in [0.29, 0.717) is 0 Å². The zero-order chi connectivity index (χ0) is 34.2. The summed E-state index contributed by atoms with van der Waals surface area (Å²) in [5.74, 6) is 0. The highest BCUT2D eigenvalue weighted by Gasteiger charge is 2.22. The zero-order valence-electron chi connectivity index (χ0n) is 28.0. The van der Waals surface area contributed by atoms with Crippen molar-refractivity contribution in [1.82, 2.24) is 4.57 Å². The van der Waals surface area contributed by atoms with E-state index >= 15 is 0 Å². The van der Waals surface area contributed by atoms with Crippen LogP contribution in [0.25, 0.3) is 80.7 Å². The van der Waals surface area contributed by atoms with Crippen molar-refractivity contribution in [2.45, 2.75) is 0 Å². The Kier molecular flexibility index (Phi) is 6.42. The lowest BCUT2D eigenvalue weighted by molar-refractivity contribution is 0.669. The second kappa shape index (κ2) is 11.5. The van der Waals surface area contributed by atoms with Crippen LogP contribution in [0.4, 0.5) is 17.1 Å². The lowest BCUT2D eigenvalue weighted by Gasteiger charge is -2.26. The third-order valence-electron chi connectivity index (χ3n) is 10.4. The average molecular weight is 683 g/mol. The number of furan rings is 1. The van der Waals surface area contributed by atoms with Crippen LogP contribution in [-0.2, 0) is 0 Å². The van der Waals surface area contributed by atoms with Crippen LogP contribution in [0.5, 0.6) is 0 Å². The molecule has 0 aliphatic carbocycles. The Balaban J connectivity index is 1.16. The number of nitrogens with zero attached hydrogens (tertiary/aromatic N) is 2. The van der Waals surface area contributed by atoms with Gasteiger partial charge < -0.3 is 13.9 Å². The molecule has 8 aromatic carbocycles. The number of aromatic nitrogens is 1. The van der Waals surface area contributed by atoms with E-state index in [1.165, 1.54) is 42.0 Å². The Hall–Kier alpha value is -6.62. The predicted octanol–water partition coefficient (Wildman–Crippen LogP) is 14.2. The summed E-state index contributed by atoms with van der Waals surface area (Å²) >= 11 is 1.85. The zero-order valence-corrected chi connectivity index (χ0v) is 28.8. The second-order valence-electron chi connectivity index (χ2n) is 13.3. The van der Waals surface area contributed by atoms with Gasteiger partial charge in [-0.15, -0.1) is 11.3 Å². The van der Waals surface area contributed by atoms with E-state index in [2.05, 4.69) is 185 Å². The summed E-state index contributed by atoms with van der Waals surface area (Å²) in [6.45, 7) is 0. The van der Waals surface area contributed by atoms with E-state index in [4.69, 9.17) is 4.42 Å². The van der Waals surface area contributed by atoms with E-state index in [-0.39, 0.29) is 0 Å². The fraction of sp³-hybridized carbons (Fsp3) is 0. The van der Waals surface area contributed by atoms with Crippen LogP contribution in [0, 0.1) is 0 Å². The van der Waals surface area contributed by atoms with Gasteiger partial charge in [0.25, 0.3) is 0 Å². The van der Waals surface area contributed by atoms with Crippen molar-refractivity contribution in [2.24, 2.45) is 0 Å². The molecule has 0 bridgehead atoms. The van der Waals surface area contributed by atoms with Gasteiger partial charge in [0.2, 0.25) is 0 Å². The summed E-state index contributed by atoms with van der Waals surface area (Å²) in [6, 6.07) is 65.5. The van der Waals surface area contributed by atoms with Gasteiger partial charge in [-0.05, 0) is 83.9 Å². The van der Waals surface area contributed by atoms with Crippen LogP contribution in [0.3, 0.4) is 0 Å². The molecule has 0 N–H and O–H groups in total. The first-order chi connectivity index (χ1) is 25.8. The second-order valence-corrected chi connectivity index (χ2v) is 14.4. The molecule has 0 aliphatic heterocycles. The summed E-state index contributed by atoms with van der Waals surface area (Å²) in [5.41, 5.74) is 10.7. The van der Waals surface area contributed by atoms with Crippen molar-refractivity contribution in [3.63, 3.8) is 0 Å². The van der Waals surface area contributed by atoms with Gasteiger partial charge in [0, 0.05) is 58.8 Å². The van der Waals surface area contributed by atoms with Crippen molar-refractivity contribution < 1.29 is 4.42 Å². The SMILES string of the molecule is c1ccc(-n2c3ccccc3c3ccc(N(c4cccc(-c5ccc6sc7ccccc7c6c5)c4)c4cccc5c4oc4ccccc45)cc32)cc1. The Bertz CT molecular complexity index is 3150. The number of benzene rings is 8. The first-order valence-corrected chi connectivity index (χ1v) is 18.4. The van der Waals surface area contributed by atoms with E-state index in [9.17, 15) is 0 Å². The molecule has 0 atom stereocenters. The molecule has 11 aromatic rings. The van der Waals surface area contributed by atoms with Crippen molar-refractivity contribution in [2.75, 3.05) is 4.90 Å². The van der Waals surface area contributed by atoms with Crippen LogP contribution in [0.2, 0.25) is 0 Å². The molecule has 0 saturated carbocycles. The van der Waals surface area contributed by atoms with Crippen molar-refractivity contribution >= 4 is 92.3 Å². The summed E-state index contributed by atoms with van der Waals surface area (Å²) in [7, 11) is 0. The number of fused-ring (bicyclic) bond motifs is 9. The van der Waals surface area contributed by atoms with Crippen LogP contribution < -0.4 is 4.90 Å². The van der Waals surface area contributed by atoms with E-state index in [0.717, 1.165) is 55.8 Å². The third-order valence-corrected chi connectivity index (χ3v) is 11.5. The van der Waals surface area contributed by atoms with E-state index in [1.807, 2.05) is 17.4 Å². The normalized spacial score (nSPS) is 11.8. The number of rotatable bonds is 5. The first kappa shape index (κ1) is 29.1. The minimum absolute atomic E-state index is 0.865. The molecule has 4 heteroatoms. The van der Waals surface area contributed by atoms with E-state index in [1.54, 1.807) is 0 Å². The Morgan fingerprint density at radius 2 is 1.12 bits per heavy atom. The molecule has 0 fully saturated rings. The molecule has 3 aromatic heterocycles.